The maximum atomic E-state index is 11.2. The maximum Gasteiger partial charge on any atom is 0.258 e. The molecule has 0 aliphatic rings. The molecular formula is C11H14N2O. The zero-order valence-corrected chi connectivity index (χ0v) is 8.40. The fourth-order valence-corrected chi connectivity index (χ4v) is 0.994. The summed E-state index contributed by atoms with van der Waals surface area (Å²) in [5, 5.41) is 1.61. The third-order valence-electron chi connectivity index (χ3n) is 1.56. The van der Waals surface area contributed by atoms with Crippen molar-refractivity contribution in [2.24, 2.45) is 0 Å². The lowest BCUT2D eigenvalue weighted by Gasteiger charge is -2.08. The van der Waals surface area contributed by atoms with Gasteiger partial charge in [-0.3, -0.25) is 10.2 Å². The molecule has 0 bridgehead atoms. The number of benzene rings is 1. The van der Waals surface area contributed by atoms with E-state index in [-0.39, 0.29) is 5.91 Å². The molecule has 0 atom stereocenters. The van der Waals surface area contributed by atoms with Gasteiger partial charge in [-0.15, -0.1) is 0 Å². The largest absolute Gasteiger partial charge is 0.286 e. The molecule has 1 N–H and O–H groups in total. The molecule has 0 fully saturated rings. The average molecular weight is 190 g/mol. The molecular weight excluding hydrogens is 176 g/mol. The van der Waals surface area contributed by atoms with Crippen LogP contribution in [0.15, 0.2) is 36.4 Å². The molecule has 3 nitrogen and oxygen atoms in total. The summed E-state index contributed by atoms with van der Waals surface area (Å²) in [5.41, 5.74) is 3.64. The first-order valence-corrected chi connectivity index (χ1v) is 4.39. The molecule has 1 rings (SSSR count). The van der Waals surface area contributed by atoms with E-state index in [2.05, 4.69) is 5.43 Å². The highest BCUT2D eigenvalue weighted by atomic mass is 16.2. The summed E-state index contributed by atoms with van der Waals surface area (Å²) in [7, 11) is 3.54. The fraction of sp³-hybridized carbons (Fsp3) is 0.182. The van der Waals surface area contributed by atoms with Crippen LogP contribution >= 0.6 is 0 Å². The number of carbonyl (C=O) groups excluding carboxylic acids is 1. The number of hydrogen-bond acceptors (Lipinski definition) is 2. The van der Waals surface area contributed by atoms with Crippen molar-refractivity contribution in [1.29, 1.82) is 0 Å². The second-order valence-electron chi connectivity index (χ2n) is 3.11. The monoisotopic (exact) mass is 190 g/mol. The molecule has 0 saturated heterocycles. The highest BCUT2D eigenvalue weighted by molar-refractivity contribution is 5.91. The lowest BCUT2D eigenvalue weighted by Crippen LogP contribution is -2.34. The summed E-state index contributed by atoms with van der Waals surface area (Å²) in [4.78, 5) is 11.2. The van der Waals surface area contributed by atoms with Crippen LogP contribution in [0.1, 0.15) is 5.56 Å². The number of carbonyl (C=O) groups is 1. The Morgan fingerprint density at radius 3 is 2.50 bits per heavy atom. The first-order chi connectivity index (χ1) is 6.68. The van der Waals surface area contributed by atoms with Gasteiger partial charge in [0.2, 0.25) is 0 Å². The second-order valence-corrected chi connectivity index (χ2v) is 3.11. The quantitative estimate of drug-likeness (QED) is 0.575. The van der Waals surface area contributed by atoms with Crippen molar-refractivity contribution in [2.75, 3.05) is 14.1 Å². The van der Waals surface area contributed by atoms with Gasteiger partial charge in [-0.2, -0.15) is 0 Å². The normalized spacial score (nSPS) is 10.8. The zero-order chi connectivity index (χ0) is 10.4. The van der Waals surface area contributed by atoms with Gasteiger partial charge in [0.05, 0.1) is 0 Å². The Bertz CT molecular complexity index is 317. The Morgan fingerprint density at radius 2 is 1.93 bits per heavy atom. The molecule has 0 unspecified atom stereocenters. The van der Waals surface area contributed by atoms with E-state index in [1.165, 1.54) is 6.08 Å². The van der Waals surface area contributed by atoms with Gasteiger partial charge in [0, 0.05) is 20.2 Å². The van der Waals surface area contributed by atoms with Gasteiger partial charge in [0.15, 0.2) is 0 Å². The molecule has 0 radical (unpaired) electrons. The summed E-state index contributed by atoms with van der Waals surface area (Å²) in [5.74, 6) is -0.126. The van der Waals surface area contributed by atoms with Gasteiger partial charge < -0.3 is 0 Å². The summed E-state index contributed by atoms with van der Waals surface area (Å²) >= 11 is 0. The molecule has 1 aromatic rings. The van der Waals surface area contributed by atoms with Crippen molar-refractivity contribution in [3.63, 3.8) is 0 Å². The Hall–Kier alpha value is -1.61. The van der Waals surface area contributed by atoms with E-state index in [9.17, 15) is 4.79 Å². The van der Waals surface area contributed by atoms with E-state index in [0.717, 1.165) is 5.56 Å². The van der Waals surface area contributed by atoms with E-state index in [1.807, 2.05) is 30.3 Å². The molecule has 0 spiro atoms. The predicted octanol–water partition coefficient (Wildman–Crippen LogP) is 1.29. The molecule has 1 amide bonds. The van der Waals surface area contributed by atoms with Crippen LogP contribution in [0.25, 0.3) is 6.08 Å². The van der Waals surface area contributed by atoms with Crippen LogP contribution in [-0.4, -0.2) is 25.0 Å². The van der Waals surface area contributed by atoms with Gasteiger partial charge >= 0.3 is 0 Å². The number of nitrogens with zero attached hydrogens (tertiary/aromatic N) is 1. The molecule has 14 heavy (non-hydrogen) atoms. The Kier molecular flexibility index (Phi) is 3.88. The number of rotatable bonds is 3. The number of nitrogens with one attached hydrogen (secondary N) is 1. The van der Waals surface area contributed by atoms with E-state index < -0.39 is 0 Å². The number of hydrogen-bond donors (Lipinski definition) is 1. The Balaban J connectivity index is 2.52. The average Bonchev–Trinajstić information content (AvgIpc) is 2.15. The molecule has 1 aromatic carbocycles. The first kappa shape index (κ1) is 10.5. The van der Waals surface area contributed by atoms with E-state index in [0.29, 0.717) is 0 Å². The third-order valence-corrected chi connectivity index (χ3v) is 1.56. The molecule has 0 saturated carbocycles. The van der Waals surface area contributed by atoms with E-state index in [1.54, 1.807) is 25.2 Å². The van der Waals surface area contributed by atoms with Crippen LogP contribution in [-0.2, 0) is 4.79 Å². The highest BCUT2D eigenvalue weighted by Gasteiger charge is 1.94. The van der Waals surface area contributed by atoms with Gasteiger partial charge in [0.1, 0.15) is 0 Å². The minimum absolute atomic E-state index is 0.126. The smallest absolute Gasteiger partial charge is 0.258 e. The van der Waals surface area contributed by atoms with Crippen molar-refractivity contribution in [1.82, 2.24) is 10.4 Å². The van der Waals surface area contributed by atoms with Crippen molar-refractivity contribution in [3.8, 4) is 0 Å². The van der Waals surface area contributed by atoms with Crippen LogP contribution in [0.4, 0.5) is 0 Å². The molecule has 0 aromatic heterocycles. The van der Waals surface area contributed by atoms with Crippen molar-refractivity contribution < 1.29 is 4.79 Å². The standard InChI is InChI=1S/C11H14N2O/c1-13(2)12-11(14)9-8-10-6-4-3-5-7-10/h3-9H,1-2H3,(H,12,14)/b9-8+. The first-order valence-electron chi connectivity index (χ1n) is 4.39. The SMILES string of the molecule is CN(C)NC(=O)/C=C/c1ccccc1. The molecule has 74 valence electrons. The van der Waals surface area contributed by atoms with Gasteiger partial charge in [-0.1, -0.05) is 30.3 Å². The minimum atomic E-state index is -0.126. The van der Waals surface area contributed by atoms with Gasteiger partial charge in [0.25, 0.3) is 5.91 Å². The summed E-state index contributed by atoms with van der Waals surface area (Å²) in [6.45, 7) is 0. The minimum Gasteiger partial charge on any atom is -0.286 e. The fourth-order valence-electron chi connectivity index (χ4n) is 0.994. The lowest BCUT2D eigenvalue weighted by atomic mass is 10.2. The van der Waals surface area contributed by atoms with Gasteiger partial charge in [-0.05, 0) is 11.6 Å². The molecule has 0 aliphatic heterocycles. The summed E-state index contributed by atoms with van der Waals surface area (Å²) < 4.78 is 0. The van der Waals surface area contributed by atoms with Crippen LogP contribution in [0.2, 0.25) is 0 Å². The van der Waals surface area contributed by atoms with E-state index >= 15 is 0 Å². The molecule has 3 heteroatoms. The summed E-state index contributed by atoms with van der Waals surface area (Å²) in [6, 6.07) is 9.70. The zero-order valence-electron chi connectivity index (χ0n) is 8.40. The van der Waals surface area contributed by atoms with E-state index in [4.69, 9.17) is 0 Å². The van der Waals surface area contributed by atoms with Crippen molar-refractivity contribution in [2.45, 2.75) is 0 Å². The number of hydrazine groups is 1. The Labute approximate surface area is 84.0 Å². The predicted molar refractivity (Wildman–Crippen MR) is 57.3 cm³/mol. The van der Waals surface area contributed by atoms with Crippen LogP contribution in [0.3, 0.4) is 0 Å². The van der Waals surface area contributed by atoms with Gasteiger partial charge in [-0.25, -0.2) is 5.01 Å². The molecule has 0 heterocycles. The maximum absolute atomic E-state index is 11.2. The lowest BCUT2D eigenvalue weighted by molar-refractivity contribution is -0.119. The summed E-state index contributed by atoms with van der Waals surface area (Å²) in [6.07, 6.45) is 3.29. The number of amides is 1. The van der Waals surface area contributed by atoms with Crippen LogP contribution in [0, 0.1) is 0 Å². The molecule has 0 aliphatic carbocycles. The second kappa shape index (κ2) is 5.19. The third kappa shape index (κ3) is 3.87. The highest BCUT2D eigenvalue weighted by Crippen LogP contribution is 2.00. The van der Waals surface area contributed by atoms with Crippen molar-refractivity contribution >= 4 is 12.0 Å². The van der Waals surface area contributed by atoms with Crippen molar-refractivity contribution in [3.05, 3.63) is 42.0 Å². The topological polar surface area (TPSA) is 32.3 Å². The van der Waals surface area contributed by atoms with Crippen LogP contribution in [0.5, 0.6) is 0 Å². The Morgan fingerprint density at radius 1 is 1.29 bits per heavy atom. The van der Waals surface area contributed by atoms with Crippen LogP contribution < -0.4 is 5.43 Å².